The first-order valence-electron chi connectivity index (χ1n) is 11.5. The highest BCUT2D eigenvalue weighted by Crippen LogP contribution is 2.59. The summed E-state index contributed by atoms with van der Waals surface area (Å²) >= 11 is 0. The van der Waals surface area contributed by atoms with Gasteiger partial charge in [0.15, 0.2) is 11.6 Å². The van der Waals surface area contributed by atoms with Gasteiger partial charge in [0.2, 0.25) is 0 Å². The lowest BCUT2D eigenvalue weighted by Crippen LogP contribution is -2.28. The summed E-state index contributed by atoms with van der Waals surface area (Å²) in [4.78, 5) is 6.45. The molecule has 1 saturated carbocycles. The molecule has 0 bridgehead atoms. The van der Waals surface area contributed by atoms with E-state index in [4.69, 9.17) is 0 Å². The van der Waals surface area contributed by atoms with Crippen LogP contribution in [0.3, 0.4) is 0 Å². The van der Waals surface area contributed by atoms with Gasteiger partial charge in [-0.3, -0.25) is 4.40 Å². The predicted octanol–water partition coefficient (Wildman–Crippen LogP) is 6.01. The number of rotatable bonds is 5. The average Bonchev–Trinajstić information content (AvgIpc) is 3.48. The van der Waals surface area contributed by atoms with E-state index in [1.54, 1.807) is 0 Å². The van der Waals surface area contributed by atoms with Gasteiger partial charge >= 0.3 is 0 Å². The molecule has 1 aliphatic heterocycles. The first-order chi connectivity index (χ1) is 16.3. The van der Waals surface area contributed by atoms with Crippen LogP contribution in [0, 0.1) is 17.0 Å². The molecule has 6 rings (SSSR count). The van der Waals surface area contributed by atoms with E-state index < -0.39 is 23.0 Å². The van der Waals surface area contributed by atoms with E-state index in [2.05, 4.69) is 15.2 Å². The van der Waals surface area contributed by atoms with E-state index in [0.29, 0.717) is 37.7 Å². The molecule has 0 spiro atoms. The second-order valence-corrected chi connectivity index (χ2v) is 9.53. The van der Waals surface area contributed by atoms with Crippen molar-refractivity contribution in [1.29, 1.82) is 0 Å². The molecule has 176 valence electrons. The van der Waals surface area contributed by atoms with Gasteiger partial charge in [-0.2, -0.15) is 4.98 Å². The van der Waals surface area contributed by atoms with Crippen molar-refractivity contribution in [1.82, 2.24) is 19.6 Å². The lowest BCUT2D eigenvalue weighted by atomic mass is 9.87. The summed E-state index contributed by atoms with van der Waals surface area (Å²) in [7, 11) is 0. The summed E-state index contributed by atoms with van der Waals surface area (Å²) in [5, 5.41) is 7.96. The maximum Gasteiger partial charge on any atom is 0.257 e. The predicted molar refractivity (Wildman–Crippen MR) is 121 cm³/mol. The number of fused-ring (bicyclic) bond motifs is 4. The Labute approximate surface area is 193 Å². The SMILES string of the molecule is CC(F)(F)C1(CCc2cccc3c2CCCN3c2nc3nncn3c3ccc(F)c(F)c23)CC1. The molecular formula is C25H23F4N5. The molecule has 9 heteroatoms. The van der Waals surface area contributed by atoms with Gasteiger partial charge in [0.1, 0.15) is 12.1 Å². The van der Waals surface area contributed by atoms with Crippen LogP contribution in [0.4, 0.5) is 29.1 Å². The third-order valence-electron chi connectivity index (χ3n) is 7.55. The van der Waals surface area contributed by atoms with Crippen LogP contribution < -0.4 is 4.90 Å². The molecule has 3 heterocycles. The first kappa shape index (κ1) is 21.3. The summed E-state index contributed by atoms with van der Waals surface area (Å²) in [6.07, 6.45) is 5.08. The third-order valence-corrected chi connectivity index (χ3v) is 7.55. The standard InChI is InChI=1S/C25H23F4N5/c1-24(28,29)25(11-12-25)10-9-15-4-2-6-18-16(15)5-3-13-33(18)22-20-19(8-7-17(26)21(20)27)34-14-30-32-23(34)31-22/h2,4,6-8,14H,3,5,9-13H2,1H3. The number of anilines is 2. The molecule has 2 aliphatic rings. The quantitative estimate of drug-likeness (QED) is 0.336. The van der Waals surface area contributed by atoms with Crippen LogP contribution in [0.1, 0.15) is 43.7 Å². The molecule has 2 aromatic heterocycles. The molecule has 4 aromatic rings. The van der Waals surface area contributed by atoms with E-state index in [0.717, 1.165) is 42.6 Å². The van der Waals surface area contributed by atoms with Gasteiger partial charge in [0.05, 0.1) is 10.9 Å². The lowest BCUT2D eigenvalue weighted by Gasteiger charge is -2.33. The van der Waals surface area contributed by atoms with Gasteiger partial charge < -0.3 is 4.90 Å². The Kier molecular flexibility index (Phi) is 4.63. The van der Waals surface area contributed by atoms with Gasteiger partial charge in [0.25, 0.3) is 11.7 Å². The van der Waals surface area contributed by atoms with Crippen molar-refractivity contribution in [3.05, 3.63) is 59.4 Å². The zero-order valence-electron chi connectivity index (χ0n) is 18.7. The molecule has 34 heavy (non-hydrogen) atoms. The monoisotopic (exact) mass is 469 g/mol. The molecule has 0 unspecified atom stereocenters. The maximum absolute atomic E-state index is 15.1. The molecule has 0 amide bonds. The van der Waals surface area contributed by atoms with Crippen molar-refractivity contribution in [2.24, 2.45) is 5.41 Å². The molecule has 1 aliphatic carbocycles. The Morgan fingerprint density at radius 1 is 1.12 bits per heavy atom. The molecule has 2 aromatic carbocycles. The number of alkyl halides is 2. The second-order valence-electron chi connectivity index (χ2n) is 9.53. The Morgan fingerprint density at radius 3 is 2.71 bits per heavy atom. The maximum atomic E-state index is 15.1. The smallest absolute Gasteiger partial charge is 0.257 e. The number of hydrogen-bond donors (Lipinski definition) is 0. The van der Waals surface area contributed by atoms with E-state index in [1.165, 1.54) is 16.8 Å². The zero-order chi connectivity index (χ0) is 23.7. The molecule has 5 nitrogen and oxygen atoms in total. The van der Waals surface area contributed by atoms with E-state index in [-0.39, 0.29) is 17.0 Å². The summed E-state index contributed by atoms with van der Waals surface area (Å²) in [6, 6.07) is 8.39. The van der Waals surface area contributed by atoms with Gasteiger partial charge in [-0.25, -0.2) is 17.6 Å². The lowest BCUT2D eigenvalue weighted by molar-refractivity contribution is -0.0577. The van der Waals surface area contributed by atoms with E-state index >= 15 is 4.39 Å². The van der Waals surface area contributed by atoms with Crippen molar-refractivity contribution in [2.45, 2.75) is 51.4 Å². The fraction of sp³-hybridized carbons (Fsp3) is 0.400. The van der Waals surface area contributed by atoms with Crippen LogP contribution in [-0.4, -0.2) is 32.0 Å². The Bertz CT molecular complexity index is 1420. The third kappa shape index (κ3) is 3.16. The first-order valence-corrected chi connectivity index (χ1v) is 11.5. The summed E-state index contributed by atoms with van der Waals surface area (Å²) in [5.74, 6) is -4.04. The largest absolute Gasteiger partial charge is 0.325 e. The summed E-state index contributed by atoms with van der Waals surface area (Å²) in [5.41, 5.74) is 2.45. The number of nitrogens with zero attached hydrogens (tertiary/aromatic N) is 5. The van der Waals surface area contributed by atoms with Gasteiger partial charge in [0, 0.05) is 17.6 Å². The van der Waals surface area contributed by atoms with E-state index in [9.17, 15) is 13.2 Å². The molecule has 0 saturated heterocycles. The minimum Gasteiger partial charge on any atom is -0.325 e. The number of halogens is 4. The van der Waals surface area contributed by atoms with Crippen LogP contribution in [-0.2, 0) is 12.8 Å². The molecule has 0 radical (unpaired) electrons. The number of hydrogen-bond acceptors (Lipinski definition) is 4. The number of aromatic nitrogens is 4. The van der Waals surface area contributed by atoms with Gasteiger partial charge in [-0.15, -0.1) is 10.2 Å². The molecule has 0 atom stereocenters. The number of aryl methyl sites for hydroxylation is 1. The van der Waals surface area contributed by atoms with Crippen LogP contribution in [0.25, 0.3) is 16.7 Å². The Balaban J connectivity index is 1.45. The highest BCUT2D eigenvalue weighted by molar-refractivity contribution is 5.94. The van der Waals surface area contributed by atoms with Crippen LogP contribution in [0.5, 0.6) is 0 Å². The zero-order valence-corrected chi connectivity index (χ0v) is 18.7. The highest BCUT2D eigenvalue weighted by atomic mass is 19.3. The summed E-state index contributed by atoms with van der Waals surface area (Å²) < 4.78 is 59.1. The second kappa shape index (κ2) is 7.38. The fourth-order valence-electron chi connectivity index (χ4n) is 5.36. The Hall–Kier alpha value is -3.23. The number of benzene rings is 2. The van der Waals surface area contributed by atoms with Crippen molar-refractivity contribution in [3.8, 4) is 0 Å². The highest BCUT2D eigenvalue weighted by Gasteiger charge is 2.58. The van der Waals surface area contributed by atoms with Gasteiger partial charge in [-0.1, -0.05) is 12.1 Å². The topological polar surface area (TPSA) is 46.3 Å². The van der Waals surface area contributed by atoms with Crippen molar-refractivity contribution >= 4 is 28.2 Å². The van der Waals surface area contributed by atoms with Crippen LogP contribution in [0.2, 0.25) is 0 Å². The molecule has 0 N–H and O–H groups in total. The van der Waals surface area contributed by atoms with Gasteiger partial charge in [-0.05, 0) is 74.8 Å². The minimum atomic E-state index is -2.69. The summed E-state index contributed by atoms with van der Waals surface area (Å²) in [6.45, 7) is 1.59. The van der Waals surface area contributed by atoms with Crippen LogP contribution in [0.15, 0.2) is 36.7 Å². The molecule has 1 fully saturated rings. The Morgan fingerprint density at radius 2 is 1.94 bits per heavy atom. The van der Waals surface area contributed by atoms with Crippen molar-refractivity contribution in [2.75, 3.05) is 11.4 Å². The van der Waals surface area contributed by atoms with Crippen LogP contribution >= 0.6 is 0 Å². The van der Waals surface area contributed by atoms with E-state index in [1.807, 2.05) is 23.1 Å². The average molecular weight is 469 g/mol. The fourth-order valence-corrected chi connectivity index (χ4v) is 5.36. The molecular weight excluding hydrogens is 446 g/mol. The van der Waals surface area contributed by atoms with Crippen molar-refractivity contribution in [3.63, 3.8) is 0 Å². The van der Waals surface area contributed by atoms with Crippen molar-refractivity contribution < 1.29 is 17.6 Å². The minimum absolute atomic E-state index is 0.0631. The normalized spacial score (nSPS) is 17.4.